The number of hydrogen-bond donors (Lipinski definition) is 1. The van der Waals surface area contributed by atoms with Gasteiger partial charge in [0.05, 0.1) is 5.69 Å². The van der Waals surface area contributed by atoms with Gasteiger partial charge in [-0.05, 0) is 38.3 Å². The lowest BCUT2D eigenvalue weighted by Crippen LogP contribution is -1.93. The summed E-state index contributed by atoms with van der Waals surface area (Å²) in [6.07, 6.45) is 1.90. The summed E-state index contributed by atoms with van der Waals surface area (Å²) in [5.41, 5.74) is 10.1. The summed E-state index contributed by atoms with van der Waals surface area (Å²) in [6.45, 7) is 8.10. The van der Waals surface area contributed by atoms with Gasteiger partial charge in [-0.15, -0.1) is 11.3 Å². The van der Waals surface area contributed by atoms with Gasteiger partial charge < -0.3 is 10.2 Å². The van der Waals surface area contributed by atoms with Crippen molar-refractivity contribution in [3.05, 3.63) is 27.5 Å². The molecule has 0 spiro atoms. The minimum atomic E-state index is 0.608. The maximum Gasteiger partial charge on any atom is 0.128 e. The van der Waals surface area contributed by atoms with E-state index in [4.69, 9.17) is 10.2 Å². The van der Waals surface area contributed by atoms with Gasteiger partial charge in [0.1, 0.15) is 22.5 Å². The standard InChI is InChI=1S/C15H18N2OS/c1-5-6-11-14(17)12(7-16)19-15(11)13-8(2)9(3)18-10(13)4/h5-6,17H2,1-4H3. The summed E-state index contributed by atoms with van der Waals surface area (Å²) < 4.78 is 5.70. The van der Waals surface area contributed by atoms with E-state index in [0.717, 1.165) is 45.9 Å². The number of nitriles is 1. The van der Waals surface area contributed by atoms with Crippen LogP contribution >= 0.6 is 11.3 Å². The maximum absolute atomic E-state index is 9.17. The summed E-state index contributed by atoms with van der Waals surface area (Å²) in [4.78, 5) is 1.71. The molecule has 0 bridgehead atoms. The first-order valence-electron chi connectivity index (χ1n) is 6.39. The van der Waals surface area contributed by atoms with Crippen LogP contribution < -0.4 is 5.73 Å². The lowest BCUT2D eigenvalue weighted by atomic mass is 10.0. The van der Waals surface area contributed by atoms with E-state index >= 15 is 0 Å². The van der Waals surface area contributed by atoms with E-state index in [-0.39, 0.29) is 0 Å². The van der Waals surface area contributed by atoms with E-state index in [2.05, 4.69) is 19.9 Å². The van der Waals surface area contributed by atoms with Gasteiger partial charge in [0.25, 0.3) is 0 Å². The van der Waals surface area contributed by atoms with E-state index in [1.807, 2.05) is 13.8 Å². The highest BCUT2D eigenvalue weighted by Crippen LogP contribution is 2.43. The predicted molar refractivity (Wildman–Crippen MR) is 79.4 cm³/mol. The van der Waals surface area contributed by atoms with Crippen LogP contribution in [0.3, 0.4) is 0 Å². The number of nitrogens with zero attached hydrogens (tertiary/aromatic N) is 1. The van der Waals surface area contributed by atoms with Crippen molar-refractivity contribution in [1.29, 1.82) is 5.26 Å². The number of nitrogens with two attached hydrogens (primary N) is 1. The molecule has 0 aliphatic carbocycles. The highest BCUT2D eigenvalue weighted by molar-refractivity contribution is 7.16. The molecule has 0 unspecified atom stereocenters. The quantitative estimate of drug-likeness (QED) is 0.905. The smallest absolute Gasteiger partial charge is 0.128 e. The molecule has 2 N–H and O–H groups in total. The Bertz CT molecular complexity index is 659. The molecule has 0 radical (unpaired) electrons. The van der Waals surface area contributed by atoms with E-state index < -0.39 is 0 Å². The van der Waals surface area contributed by atoms with Crippen molar-refractivity contribution in [3.63, 3.8) is 0 Å². The van der Waals surface area contributed by atoms with Gasteiger partial charge >= 0.3 is 0 Å². The van der Waals surface area contributed by atoms with Crippen molar-refractivity contribution in [2.45, 2.75) is 40.5 Å². The molecule has 3 nitrogen and oxygen atoms in total. The Kier molecular flexibility index (Phi) is 3.68. The lowest BCUT2D eigenvalue weighted by Gasteiger charge is -2.04. The highest BCUT2D eigenvalue weighted by atomic mass is 32.1. The molecule has 0 saturated heterocycles. The van der Waals surface area contributed by atoms with E-state index in [0.29, 0.717) is 10.6 Å². The van der Waals surface area contributed by atoms with Crippen LogP contribution in [0.1, 0.15) is 40.9 Å². The van der Waals surface area contributed by atoms with E-state index in [1.54, 1.807) is 0 Å². The molecule has 100 valence electrons. The van der Waals surface area contributed by atoms with Crippen LogP contribution in [0.5, 0.6) is 0 Å². The fraction of sp³-hybridized carbons (Fsp3) is 0.400. The Hall–Kier alpha value is -1.73. The molecule has 2 aromatic heterocycles. The minimum Gasteiger partial charge on any atom is -0.466 e. The molecular weight excluding hydrogens is 256 g/mol. The number of furan rings is 1. The van der Waals surface area contributed by atoms with Crippen molar-refractivity contribution >= 4 is 17.0 Å². The van der Waals surface area contributed by atoms with Crippen LogP contribution in [-0.4, -0.2) is 0 Å². The molecule has 2 heterocycles. The summed E-state index contributed by atoms with van der Waals surface area (Å²) in [5, 5.41) is 9.17. The largest absolute Gasteiger partial charge is 0.466 e. The van der Waals surface area contributed by atoms with Gasteiger partial charge in [0, 0.05) is 10.4 Å². The third-order valence-corrected chi connectivity index (χ3v) is 4.61. The lowest BCUT2D eigenvalue weighted by molar-refractivity contribution is 0.503. The number of anilines is 1. The van der Waals surface area contributed by atoms with Crippen molar-refractivity contribution in [2.75, 3.05) is 5.73 Å². The second kappa shape index (κ2) is 5.10. The van der Waals surface area contributed by atoms with Crippen molar-refractivity contribution in [1.82, 2.24) is 0 Å². The van der Waals surface area contributed by atoms with Gasteiger partial charge in [-0.1, -0.05) is 13.3 Å². The molecule has 0 aromatic carbocycles. The third-order valence-electron chi connectivity index (χ3n) is 3.44. The summed E-state index contributed by atoms with van der Waals surface area (Å²) in [6, 6.07) is 2.19. The number of rotatable bonds is 3. The highest BCUT2D eigenvalue weighted by Gasteiger charge is 2.22. The zero-order valence-corrected chi connectivity index (χ0v) is 12.6. The second-order valence-electron chi connectivity index (χ2n) is 4.73. The zero-order valence-electron chi connectivity index (χ0n) is 11.8. The topological polar surface area (TPSA) is 63.0 Å². The van der Waals surface area contributed by atoms with Crippen molar-refractivity contribution in [2.24, 2.45) is 0 Å². The van der Waals surface area contributed by atoms with Crippen LogP contribution in [-0.2, 0) is 6.42 Å². The Morgan fingerprint density at radius 3 is 2.42 bits per heavy atom. The Morgan fingerprint density at radius 1 is 1.26 bits per heavy atom. The van der Waals surface area contributed by atoms with Gasteiger partial charge in [0.15, 0.2) is 0 Å². The Labute approximate surface area is 117 Å². The Morgan fingerprint density at radius 2 is 1.95 bits per heavy atom. The molecular formula is C15H18N2OS. The van der Waals surface area contributed by atoms with Crippen LogP contribution in [0.25, 0.3) is 10.4 Å². The number of aryl methyl sites for hydroxylation is 2. The molecule has 0 aliphatic rings. The molecule has 4 heteroatoms. The molecule has 2 aromatic rings. The van der Waals surface area contributed by atoms with E-state index in [9.17, 15) is 5.26 Å². The fourth-order valence-corrected chi connectivity index (χ4v) is 3.61. The third kappa shape index (κ3) is 2.15. The monoisotopic (exact) mass is 274 g/mol. The van der Waals surface area contributed by atoms with Crippen LogP contribution in [0.4, 0.5) is 5.69 Å². The van der Waals surface area contributed by atoms with Crippen LogP contribution in [0.2, 0.25) is 0 Å². The molecule has 2 rings (SSSR count). The first-order valence-corrected chi connectivity index (χ1v) is 7.21. The molecule has 19 heavy (non-hydrogen) atoms. The van der Waals surface area contributed by atoms with Crippen molar-refractivity contribution < 1.29 is 4.42 Å². The summed E-state index contributed by atoms with van der Waals surface area (Å²) in [7, 11) is 0. The first-order chi connectivity index (χ1) is 9.01. The van der Waals surface area contributed by atoms with Crippen LogP contribution in [0, 0.1) is 32.1 Å². The zero-order chi connectivity index (χ0) is 14.2. The van der Waals surface area contributed by atoms with Gasteiger partial charge in [-0.25, -0.2) is 0 Å². The SMILES string of the molecule is CCCc1c(-c2c(C)oc(C)c2C)sc(C#N)c1N. The average molecular weight is 274 g/mol. The van der Waals surface area contributed by atoms with Gasteiger partial charge in [-0.2, -0.15) is 5.26 Å². The first kappa shape index (κ1) is 13.7. The molecule has 0 amide bonds. The van der Waals surface area contributed by atoms with Crippen molar-refractivity contribution in [3.8, 4) is 16.5 Å². The molecule has 0 fully saturated rings. The fourth-order valence-electron chi connectivity index (χ4n) is 2.39. The van der Waals surface area contributed by atoms with E-state index in [1.165, 1.54) is 11.3 Å². The molecule has 0 aliphatic heterocycles. The Balaban J connectivity index is 2.71. The number of thiophene rings is 1. The van der Waals surface area contributed by atoms with Gasteiger partial charge in [0.2, 0.25) is 0 Å². The predicted octanol–water partition coefficient (Wildman–Crippen LogP) is 4.34. The minimum absolute atomic E-state index is 0.608. The normalized spacial score (nSPS) is 10.7. The second-order valence-corrected chi connectivity index (χ2v) is 5.75. The molecule has 0 saturated carbocycles. The number of hydrogen-bond acceptors (Lipinski definition) is 4. The van der Waals surface area contributed by atoms with Crippen LogP contribution in [0.15, 0.2) is 4.42 Å². The molecule has 0 atom stereocenters. The summed E-state index contributed by atoms with van der Waals surface area (Å²) >= 11 is 1.47. The average Bonchev–Trinajstić information content (AvgIpc) is 2.80. The summed E-state index contributed by atoms with van der Waals surface area (Å²) in [5.74, 6) is 1.83. The van der Waals surface area contributed by atoms with Gasteiger partial charge in [-0.3, -0.25) is 0 Å². The number of nitrogen functional groups attached to an aromatic ring is 1. The maximum atomic E-state index is 9.17.